The topological polar surface area (TPSA) is 41.6 Å². The zero-order valence-electron chi connectivity index (χ0n) is 11.5. The molecule has 3 rings (SSSR count). The first-order valence-electron chi connectivity index (χ1n) is 6.39. The normalized spacial score (nSPS) is 11.8. The van der Waals surface area contributed by atoms with Crippen molar-refractivity contribution in [3.63, 3.8) is 0 Å². The van der Waals surface area contributed by atoms with E-state index in [1.807, 2.05) is 5.38 Å². The standard InChI is InChI=1S/C15H10F3N3S/c1-9-4-12-13(21(9)6-11-7-22-8-20-11)3-2-10(5-19)14(12)15(16,17)18/h2-4,7-8H,6H2,1H3. The maximum atomic E-state index is 13.3. The number of aromatic nitrogens is 2. The van der Waals surface area contributed by atoms with Crippen LogP contribution in [0.1, 0.15) is 22.5 Å². The number of fused-ring (bicyclic) bond motifs is 1. The minimum absolute atomic E-state index is 0.0549. The minimum atomic E-state index is -4.57. The number of alkyl halides is 3. The Morgan fingerprint density at radius 2 is 2.14 bits per heavy atom. The van der Waals surface area contributed by atoms with Crippen LogP contribution in [0, 0.1) is 18.3 Å². The molecule has 3 aromatic rings. The number of hydrogen-bond donors (Lipinski definition) is 0. The second kappa shape index (κ2) is 5.14. The molecule has 0 unspecified atom stereocenters. The molecule has 0 saturated heterocycles. The van der Waals surface area contributed by atoms with Crippen molar-refractivity contribution in [2.45, 2.75) is 19.6 Å². The molecule has 3 nitrogen and oxygen atoms in total. The van der Waals surface area contributed by atoms with Crippen LogP contribution in [0.25, 0.3) is 10.9 Å². The number of nitrogens with zero attached hydrogens (tertiary/aromatic N) is 3. The predicted octanol–water partition coefficient (Wildman–Crippen LogP) is 4.35. The van der Waals surface area contributed by atoms with Crippen LogP contribution in [0.3, 0.4) is 0 Å². The zero-order valence-corrected chi connectivity index (χ0v) is 12.3. The molecule has 0 saturated carbocycles. The summed E-state index contributed by atoms with van der Waals surface area (Å²) in [5.41, 5.74) is 2.41. The second-order valence-electron chi connectivity index (χ2n) is 4.88. The van der Waals surface area contributed by atoms with Crippen molar-refractivity contribution in [2.75, 3.05) is 0 Å². The number of nitriles is 1. The lowest BCUT2D eigenvalue weighted by molar-refractivity contribution is -0.136. The van der Waals surface area contributed by atoms with Gasteiger partial charge in [0.1, 0.15) is 0 Å². The second-order valence-corrected chi connectivity index (χ2v) is 5.60. The number of thiazole rings is 1. The summed E-state index contributed by atoms with van der Waals surface area (Å²) in [6.45, 7) is 2.15. The number of benzene rings is 1. The van der Waals surface area contributed by atoms with E-state index in [2.05, 4.69) is 4.98 Å². The van der Waals surface area contributed by atoms with E-state index in [0.29, 0.717) is 17.8 Å². The Labute approximate surface area is 128 Å². The molecule has 0 atom stereocenters. The number of aryl methyl sites for hydroxylation is 1. The van der Waals surface area contributed by atoms with E-state index in [1.165, 1.54) is 23.5 Å². The number of hydrogen-bond acceptors (Lipinski definition) is 3. The highest BCUT2D eigenvalue weighted by atomic mass is 32.1. The maximum Gasteiger partial charge on any atom is 0.418 e. The van der Waals surface area contributed by atoms with Crippen molar-refractivity contribution in [1.82, 2.24) is 9.55 Å². The van der Waals surface area contributed by atoms with Crippen LogP contribution in [0.2, 0.25) is 0 Å². The first-order valence-corrected chi connectivity index (χ1v) is 7.33. The van der Waals surface area contributed by atoms with Gasteiger partial charge in [0.2, 0.25) is 0 Å². The van der Waals surface area contributed by atoms with E-state index in [4.69, 9.17) is 5.26 Å². The fourth-order valence-corrected chi connectivity index (χ4v) is 3.10. The van der Waals surface area contributed by atoms with Gasteiger partial charge in [0.05, 0.1) is 34.9 Å². The number of halogens is 3. The van der Waals surface area contributed by atoms with E-state index >= 15 is 0 Å². The van der Waals surface area contributed by atoms with Crippen molar-refractivity contribution >= 4 is 22.2 Å². The molecule has 22 heavy (non-hydrogen) atoms. The third kappa shape index (κ3) is 2.35. The largest absolute Gasteiger partial charge is 0.418 e. The van der Waals surface area contributed by atoms with Crippen LogP contribution in [0.4, 0.5) is 13.2 Å². The maximum absolute atomic E-state index is 13.3. The third-order valence-corrected chi connectivity index (χ3v) is 4.14. The average molecular weight is 321 g/mol. The summed E-state index contributed by atoms with van der Waals surface area (Å²) in [5, 5.41) is 10.9. The fraction of sp³-hybridized carbons (Fsp3) is 0.200. The Kier molecular flexibility index (Phi) is 3.41. The average Bonchev–Trinajstić information content (AvgIpc) is 3.06. The van der Waals surface area contributed by atoms with Crippen LogP contribution in [0.5, 0.6) is 0 Å². The van der Waals surface area contributed by atoms with Gasteiger partial charge in [-0.2, -0.15) is 18.4 Å². The Bertz CT molecular complexity index is 870. The molecule has 0 fully saturated rings. The third-order valence-electron chi connectivity index (χ3n) is 3.50. The summed E-state index contributed by atoms with van der Waals surface area (Å²) in [5.74, 6) is 0. The van der Waals surface area contributed by atoms with Crippen LogP contribution in [-0.4, -0.2) is 9.55 Å². The summed E-state index contributed by atoms with van der Waals surface area (Å²) >= 11 is 1.44. The van der Waals surface area contributed by atoms with Gasteiger partial charge in [-0.25, -0.2) is 4.98 Å². The van der Waals surface area contributed by atoms with E-state index in [1.54, 1.807) is 29.1 Å². The van der Waals surface area contributed by atoms with E-state index in [-0.39, 0.29) is 10.9 Å². The molecule has 7 heteroatoms. The van der Waals surface area contributed by atoms with Gasteiger partial charge in [-0.1, -0.05) is 0 Å². The molecule has 0 aliphatic carbocycles. The molecule has 0 spiro atoms. The highest BCUT2D eigenvalue weighted by Crippen LogP contribution is 2.38. The summed E-state index contributed by atoms with van der Waals surface area (Å²) < 4.78 is 41.7. The van der Waals surface area contributed by atoms with Gasteiger partial charge in [-0.05, 0) is 25.1 Å². The molecular weight excluding hydrogens is 311 g/mol. The van der Waals surface area contributed by atoms with Gasteiger partial charge >= 0.3 is 6.18 Å². The van der Waals surface area contributed by atoms with Crippen LogP contribution in [0.15, 0.2) is 29.1 Å². The molecule has 0 bridgehead atoms. The summed E-state index contributed by atoms with van der Waals surface area (Å²) in [4.78, 5) is 4.17. The molecule has 0 amide bonds. The van der Waals surface area contributed by atoms with Crippen LogP contribution < -0.4 is 0 Å². The molecule has 0 radical (unpaired) electrons. The molecule has 1 aromatic carbocycles. The van der Waals surface area contributed by atoms with Crippen molar-refractivity contribution in [3.8, 4) is 6.07 Å². The molecule has 0 aliphatic rings. The minimum Gasteiger partial charge on any atom is -0.339 e. The first kappa shape index (κ1) is 14.6. The molecule has 0 N–H and O–H groups in total. The molecule has 2 aromatic heterocycles. The first-order chi connectivity index (χ1) is 10.4. The van der Waals surface area contributed by atoms with Crippen molar-refractivity contribution in [3.05, 3.63) is 51.6 Å². The smallest absolute Gasteiger partial charge is 0.339 e. The Morgan fingerprint density at radius 1 is 1.36 bits per heavy atom. The van der Waals surface area contributed by atoms with Crippen LogP contribution in [-0.2, 0) is 12.7 Å². The van der Waals surface area contributed by atoms with Gasteiger partial charge in [0.25, 0.3) is 0 Å². The number of rotatable bonds is 2. The van der Waals surface area contributed by atoms with Gasteiger partial charge in [0, 0.05) is 22.0 Å². The highest BCUT2D eigenvalue weighted by molar-refractivity contribution is 7.07. The lowest BCUT2D eigenvalue weighted by atomic mass is 10.0. The quantitative estimate of drug-likeness (QED) is 0.704. The van der Waals surface area contributed by atoms with E-state index < -0.39 is 11.7 Å². The summed E-state index contributed by atoms with van der Waals surface area (Å²) in [7, 11) is 0. The lowest BCUT2D eigenvalue weighted by Crippen LogP contribution is -2.09. The SMILES string of the molecule is Cc1cc2c(C(F)(F)F)c(C#N)ccc2n1Cc1cscn1. The molecule has 0 aliphatic heterocycles. The monoisotopic (exact) mass is 321 g/mol. The van der Waals surface area contributed by atoms with E-state index in [0.717, 1.165) is 5.69 Å². The zero-order chi connectivity index (χ0) is 15.9. The fourth-order valence-electron chi connectivity index (χ4n) is 2.55. The van der Waals surface area contributed by atoms with Gasteiger partial charge < -0.3 is 4.57 Å². The summed E-state index contributed by atoms with van der Waals surface area (Å²) in [6.07, 6.45) is -4.57. The van der Waals surface area contributed by atoms with E-state index in [9.17, 15) is 13.2 Å². The van der Waals surface area contributed by atoms with Crippen molar-refractivity contribution in [2.24, 2.45) is 0 Å². The Hall–Kier alpha value is -2.33. The Morgan fingerprint density at radius 3 is 2.73 bits per heavy atom. The Balaban J connectivity index is 2.26. The molecular formula is C15H10F3N3S. The lowest BCUT2D eigenvalue weighted by Gasteiger charge is -2.11. The predicted molar refractivity (Wildman–Crippen MR) is 77.6 cm³/mol. The van der Waals surface area contributed by atoms with Gasteiger partial charge in [-0.3, -0.25) is 0 Å². The molecule has 112 valence electrons. The summed E-state index contributed by atoms with van der Waals surface area (Å²) in [6, 6.07) is 5.89. The van der Waals surface area contributed by atoms with Crippen LogP contribution >= 0.6 is 11.3 Å². The van der Waals surface area contributed by atoms with Gasteiger partial charge in [0.15, 0.2) is 0 Å². The highest BCUT2D eigenvalue weighted by Gasteiger charge is 2.36. The van der Waals surface area contributed by atoms with Crippen molar-refractivity contribution < 1.29 is 13.2 Å². The van der Waals surface area contributed by atoms with Crippen molar-refractivity contribution in [1.29, 1.82) is 5.26 Å². The van der Waals surface area contributed by atoms with Gasteiger partial charge in [-0.15, -0.1) is 11.3 Å². The molecule has 2 heterocycles.